The van der Waals surface area contributed by atoms with Gasteiger partial charge in [0.15, 0.2) is 0 Å². The summed E-state index contributed by atoms with van der Waals surface area (Å²) in [6, 6.07) is 13.3. The Hall–Kier alpha value is -1.25. The van der Waals surface area contributed by atoms with E-state index in [9.17, 15) is 8.42 Å². The number of unbranched alkanes of at least 4 members (excludes halogenated alkanes) is 1. The number of aryl methyl sites for hydroxylation is 1. The maximum Gasteiger partial charge on any atom is 0.294 e. The average Bonchev–Trinajstić information content (AvgIpc) is 2.66. The lowest BCUT2D eigenvalue weighted by Gasteiger charge is -2.31. The van der Waals surface area contributed by atoms with Crippen molar-refractivity contribution in [3.05, 3.63) is 63.6 Å². The van der Waals surface area contributed by atoms with Gasteiger partial charge in [-0.15, -0.1) is 0 Å². The Kier molecular flexibility index (Phi) is 9.30. The predicted molar refractivity (Wildman–Crippen MR) is 120 cm³/mol. The summed E-state index contributed by atoms with van der Waals surface area (Å²) in [5.41, 5.74) is 3.81. The summed E-state index contributed by atoms with van der Waals surface area (Å²) in [5.74, 6) is 0. The molecule has 29 heavy (non-hydrogen) atoms. The van der Waals surface area contributed by atoms with Crippen LogP contribution in [0.1, 0.15) is 49.4 Å². The SMILES string of the molecule is CCCCOC[C@H]1Cc2c(Br)cccc2[C@H](C)N1.Cc1ccc(S(=O)(=O)O)cc1. The number of hydrogen-bond donors (Lipinski definition) is 2. The predicted octanol–water partition coefficient (Wildman–Crippen LogP) is 5.08. The molecule has 0 saturated heterocycles. The largest absolute Gasteiger partial charge is 0.380 e. The molecule has 1 aliphatic rings. The molecule has 0 bridgehead atoms. The van der Waals surface area contributed by atoms with E-state index >= 15 is 0 Å². The van der Waals surface area contributed by atoms with E-state index in [0.29, 0.717) is 12.1 Å². The van der Waals surface area contributed by atoms with Crippen LogP contribution in [0.5, 0.6) is 0 Å². The van der Waals surface area contributed by atoms with Crippen LogP contribution >= 0.6 is 15.9 Å². The Morgan fingerprint density at radius 1 is 1.21 bits per heavy atom. The van der Waals surface area contributed by atoms with Crippen LogP contribution in [0.15, 0.2) is 51.8 Å². The first-order valence-electron chi connectivity index (χ1n) is 9.87. The van der Waals surface area contributed by atoms with Gasteiger partial charge >= 0.3 is 0 Å². The van der Waals surface area contributed by atoms with Crippen LogP contribution in [0.4, 0.5) is 0 Å². The highest BCUT2D eigenvalue weighted by Gasteiger charge is 2.24. The minimum Gasteiger partial charge on any atom is -0.380 e. The zero-order chi connectivity index (χ0) is 21.4. The molecular formula is C22H30BrNO4S. The topological polar surface area (TPSA) is 75.6 Å². The van der Waals surface area contributed by atoms with E-state index in [1.54, 1.807) is 12.1 Å². The van der Waals surface area contributed by atoms with Gasteiger partial charge in [-0.3, -0.25) is 4.55 Å². The molecule has 0 spiro atoms. The summed E-state index contributed by atoms with van der Waals surface area (Å²) in [7, 11) is -4.02. The van der Waals surface area contributed by atoms with Crippen molar-refractivity contribution in [2.75, 3.05) is 13.2 Å². The Morgan fingerprint density at radius 3 is 2.52 bits per heavy atom. The van der Waals surface area contributed by atoms with Crippen LogP contribution in [0.2, 0.25) is 0 Å². The number of halogens is 1. The van der Waals surface area contributed by atoms with Crippen LogP contribution in [0.3, 0.4) is 0 Å². The van der Waals surface area contributed by atoms with E-state index in [2.05, 4.69) is 53.3 Å². The molecule has 0 radical (unpaired) electrons. The summed E-state index contributed by atoms with van der Waals surface area (Å²) in [4.78, 5) is -0.0666. The fraction of sp³-hybridized carbons (Fsp3) is 0.455. The molecule has 0 aliphatic carbocycles. The van der Waals surface area contributed by atoms with Crippen molar-refractivity contribution in [2.24, 2.45) is 0 Å². The Balaban J connectivity index is 0.000000234. The van der Waals surface area contributed by atoms with Gasteiger partial charge in [0.2, 0.25) is 0 Å². The first-order chi connectivity index (χ1) is 13.7. The zero-order valence-electron chi connectivity index (χ0n) is 17.2. The van der Waals surface area contributed by atoms with Crippen molar-refractivity contribution in [3.63, 3.8) is 0 Å². The highest BCUT2D eigenvalue weighted by atomic mass is 79.9. The van der Waals surface area contributed by atoms with Crippen molar-refractivity contribution >= 4 is 26.0 Å². The molecule has 0 fully saturated rings. The van der Waals surface area contributed by atoms with Gasteiger partial charge in [0, 0.05) is 23.2 Å². The highest BCUT2D eigenvalue weighted by molar-refractivity contribution is 9.10. The van der Waals surface area contributed by atoms with Crippen molar-refractivity contribution in [1.82, 2.24) is 5.32 Å². The first kappa shape index (κ1) is 24.0. The summed E-state index contributed by atoms with van der Waals surface area (Å²) < 4.78 is 36.5. The summed E-state index contributed by atoms with van der Waals surface area (Å²) >= 11 is 3.66. The minimum atomic E-state index is -4.02. The molecule has 2 N–H and O–H groups in total. The fourth-order valence-electron chi connectivity index (χ4n) is 3.23. The van der Waals surface area contributed by atoms with Gasteiger partial charge in [0.1, 0.15) is 0 Å². The van der Waals surface area contributed by atoms with Crippen LogP contribution in [-0.4, -0.2) is 32.2 Å². The number of fused-ring (bicyclic) bond motifs is 1. The average molecular weight is 484 g/mol. The molecule has 5 nitrogen and oxygen atoms in total. The number of rotatable bonds is 6. The lowest BCUT2D eigenvalue weighted by atomic mass is 9.91. The summed E-state index contributed by atoms with van der Waals surface area (Å²) in [6.45, 7) is 7.95. The molecule has 7 heteroatoms. The maximum atomic E-state index is 10.5. The van der Waals surface area contributed by atoms with Gasteiger partial charge in [0.05, 0.1) is 11.5 Å². The van der Waals surface area contributed by atoms with Crippen molar-refractivity contribution < 1.29 is 17.7 Å². The number of benzene rings is 2. The van der Waals surface area contributed by atoms with Crippen molar-refractivity contribution in [3.8, 4) is 0 Å². The van der Waals surface area contributed by atoms with Crippen molar-refractivity contribution in [2.45, 2.75) is 57.0 Å². The van der Waals surface area contributed by atoms with Gasteiger partial charge < -0.3 is 10.1 Å². The monoisotopic (exact) mass is 483 g/mol. The molecule has 1 heterocycles. The van der Waals surface area contributed by atoms with E-state index in [1.807, 2.05) is 6.92 Å². The number of nitrogens with one attached hydrogen (secondary N) is 1. The normalized spacial score (nSPS) is 18.5. The lowest BCUT2D eigenvalue weighted by molar-refractivity contribution is 0.103. The molecule has 0 saturated carbocycles. The number of hydrogen-bond acceptors (Lipinski definition) is 4. The molecule has 2 aromatic rings. The van der Waals surface area contributed by atoms with Crippen molar-refractivity contribution in [1.29, 1.82) is 0 Å². The van der Waals surface area contributed by atoms with E-state index in [0.717, 1.165) is 31.6 Å². The first-order valence-corrected chi connectivity index (χ1v) is 12.1. The van der Waals surface area contributed by atoms with Gasteiger partial charge in [-0.05, 0) is 56.0 Å². The third kappa shape index (κ3) is 7.50. The zero-order valence-corrected chi connectivity index (χ0v) is 19.6. The molecule has 0 aromatic heterocycles. The molecular weight excluding hydrogens is 454 g/mol. The van der Waals surface area contributed by atoms with E-state index in [4.69, 9.17) is 9.29 Å². The molecule has 160 valence electrons. The third-order valence-electron chi connectivity index (χ3n) is 4.84. The molecule has 2 aromatic carbocycles. The third-order valence-corrected chi connectivity index (χ3v) is 6.45. The Morgan fingerprint density at radius 2 is 1.90 bits per heavy atom. The van der Waals surface area contributed by atoms with E-state index in [1.165, 1.54) is 34.2 Å². The second-order valence-electron chi connectivity index (χ2n) is 7.31. The maximum absolute atomic E-state index is 10.5. The van der Waals surface area contributed by atoms with E-state index in [-0.39, 0.29) is 4.90 Å². The summed E-state index contributed by atoms with van der Waals surface area (Å²) in [6.07, 6.45) is 3.40. The van der Waals surface area contributed by atoms with Crippen LogP contribution in [0.25, 0.3) is 0 Å². The minimum absolute atomic E-state index is 0.0666. The van der Waals surface area contributed by atoms with Gasteiger partial charge in [-0.1, -0.05) is 59.1 Å². The standard InChI is InChI=1S/C15H22BrNO.C7H8O3S/c1-3-4-8-18-10-12-9-14-13(11(2)17-12)6-5-7-15(14)16;1-6-2-4-7(5-3-6)11(8,9)10/h5-7,11-12,17H,3-4,8-10H2,1-2H3;2-5H,1H3,(H,8,9,10)/t11-,12+;/m0./s1. The van der Waals surface area contributed by atoms with Crippen LogP contribution in [-0.2, 0) is 21.3 Å². The second-order valence-corrected chi connectivity index (χ2v) is 9.59. The molecule has 0 unspecified atom stereocenters. The smallest absolute Gasteiger partial charge is 0.294 e. The quantitative estimate of drug-likeness (QED) is 0.442. The molecule has 1 aliphatic heterocycles. The second kappa shape index (κ2) is 11.2. The molecule has 2 atom stereocenters. The molecule has 3 rings (SSSR count). The summed E-state index contributed by atoms with van der Waals surface area (Å²) in [5, 5.41) is 3.63. The fourth-order valence-corrected chi connectivity index (χ4v) is 4.26. The number of ether oxygens (including phenoxy) is 1. The molecule has 0 amide bonds. The lowest BCUT2D eigenvalue weighted by Crippen LogP contribution is -2.41. The van der Waals surface area contributed by atoms with Crippen LogP contribution < -0.4 is 5.32 Å². The highest BCUT2D eigenvalue weighted by Crippen LogP contribution is 2.30. The van der Waals surface area contributed by atoms with Gasteiger partial charge in [0.25, 0.3) is 10.1 Å². The Bertz CT molecular complexity index is 884. The van der Waals surface area contributed by atoms with Crippen LogP contribution in [0, 0.1) is 6.92 Å². The van der Waals surface area contributed by atoms with E-state index < -0.39 is 10.1 Å². The Labute approximate surface area is 182 Å². The van der Waals surface area contributed by atoms with Gasteiger partial charge in [-0.25, -0.2) is 0 Å². The van der Waals surface area contributed by atoms with Gasteiger partial charge in [-0.2, -0.15) is 8.42 Å².